The van der Waals surface area contributed by atoms with Gasteiger partial charge < -0.3 is 0 Å². The van der Waals surface area contributed by atoms with Crippen molar-refractivity contribution in [2.24, 2.45) is 0 Å². The number of hydrogen-bond acceptors (Lipinski definition) is 5. The molecule has 1 aromatic heterocycles. The standard InChI is InChI=1S/C17H16ClN3OS2/c1-10-3-8-14-16(11(10)2)19-17(24-14)21-20-15(22)9-23-13-6-4-12(18)5-7-13/h3-8H,9H2,1-2H3,(H,19,21)(H,20,22). The molecule has 0 atom stereocenters. The van der Waals surface area contributed by atoms with Crippen LogP contribution in [0.2, 0.25) is 5.02 Å². The molecule has 0 aliphatic carbocycles. The van der Waals surface area contributed by atoms with Gasteiger partial charge in [-0.25, -0.2) is 4.98 Å². The number of nitrogens with zero attached hydrogens (tertiary/aromatic N) is 1. The van der Waals surface area contributed by atoms with E-state index in [1.54, 1.807) is 0 Å². The number of hydrogen-bond donors (Lipinski definition) is 2. The molecule has 0 saturated carbocycles. The zero-order chi connectivity index (χ0) is 17.1. The second-order valence-corrected chi connectivity index (χ2v) is 7.80. The number of aromatic nitrogens is 1. The molecule has 3 rings (SSSR count). The van der Waals surface area contributed by atoms with Crippen molar-refractivity contribution in [1.29, 1.82) is 0 Å². The van der Waals surface area contributed by atoms with Crippen LogP contribution in [-0.4, -0.2) is 16.6 Å². The summed E-state index contributed by atoms with van der Waals surface area (Å²) in [6.07, 6.45) is 0. The van der Waals surface area contributed by atoms with Gasteiger partial charge in [-0.3, -0.25) is 15.6 Å². The van der Waals surface area contributed by atoms with Crippen LogP contribution < -0.4 is 10.9 Å². The molecule has 24 heavy (non-hydrogen) atoms. The van der Waals surface area contributed by atoms with Crippen molar-refractivity contribution in [2.45, 2.75) is 18.7 Å². The minimum atomic E-state index is -0.109. The van der Waals surface area contributed by atoms with Gasteiger partial charge in [-0.1, -0.05) is 29.0 Å². The smallest absolute Gasteiger partial charge is 0.248 e. The zero-order valence-electron chi connectivity index (χ0n) is 13.2. The minimum Gasteiger partial charge on any atom is -0.273 e. The van der Waals surface area contributed by atoms with Crippen molar-refractivity contribution in [3.8, 4) is 0 Å². The van der Waals surface area contributed by atoms with Gasteiger partial charge in [0.1, 0.15) is 0 Å². The van der Waals surface area contributed by atoms with Gasteiger partial charge in [-0.2, -0.15) is 0 Å². The summed E-state index contributed by atoms with van der Waals surface area (Å²) in [6, 6.07) is 11.6. The van der Waals surface area contributed by atoms with Gasteiger partial charge in [0, 0.05) is 9.92 Å². The third kappa shape index (κ3) is 4.01. The lowest BCUT2D eigenvalue weighted by molar-refractivity contribution is -0.118. The summed E-state index contributed by atoms with van der Waals surface area (Å²) in [7, 11) is 0. The highest BCUT2D eigenvalue weighted by Gasteiger charge is 2.09. The van der Waals surface area contributed by atoms with Crippen LogP contribution in [0.1, 0.15) is 11.1 Å². The average molecular weight is 378 g/mol. The summed E-state index contributed by atoms with van der Waals surface area (Å²) in [5.74, 6) is 0.208. The Morgan fingerprint density at radius 3 is 2.71 bits per heavy atom. The third-order valence-electron chi connectivity index (χ3n) is 3.58. The fourth-order valence-corrected chi connectivity index (χ4v) is 3.82. The first-order valence-corrected chi connectivity index (χ1v) is 9.51. The van der Waals surface area contributed by atoms with E-state index in [-0.39, 0.29) is 5.91 Å². The predicted octanol–water partition coefficient (Wildman–Crippen LogP) is 4.80. The maximum Gasteiger partial charge on any atom is 0.248 e. The van der Waals surface area contributed by atoms with Gasteiger partial charge >= 0.3 is 0 Å². The Hall–Kier alpha value is -1.76. The second kappa shape index (κ2) is 7.42. The van der Waals surface area contributed by atoms with Crippen molar-refractivity contribution in [3.63, 3.8) is 0 Å². The minimum absolute atomic E-state index is 0.109. The molecule has 4 nitrogen and oxygen atoms in total. The SMILES string of the molecule is Cc1ccc2sc(NNC(=O)CSc3ccc(Cl)cc3)nc2c1C. The van der Waals surface area contributed by atoms with Crippen molar-refractivity contribution in [3.05, 3.63) is 52.5 Å². The van der Waals surface area contributed by atoms with Crippen LogP contribution in [0, 0.1) is 13.8 Å². The maximum absolute atomic E-state index is 11.9. The van der Waals surface area contributed by atoms with E-state index in [9.17, 15) is 4.79 Å². The first-order chi connectivity index (χ1) is 11.5. The molecule has 0 unspecified atom stereocenters. The molecule has 0 aliphatic heterocycles. The lowest BCUT2D eigenvalue weighted by Gasteiger charge is -2.05. The van der Waals surface area contributed by atoms with Gasteiger partial charge in [-0.15, -0.1) is 11.8 Å². The number of rotatable bonds is 5. The van der Waals surface area contributed by atoms with Crippen LogP contribution in [0.4, 0.5) is 5.13 Å². The van der Waals surface area contributed by atoms with Crippen molar-refractivity contribution < 1.29 is 4.79 Å². The van der Waals surface area contributed by atoms with Crippen molar-refractivity contribution in [2.75, 3.05) is 11.2 Å². The topological polar surface area (TPSA) is 54.0 Å². The summed E-state index contributed by atoms with van der Waals surface area (Å²) >= 11 is 8.82. The first-order valence-electron chi connectivity index (χ1n) is 7.33. The van der Waals surface area contributed by atoms with E-state index in [2.05, 4.69) is 41.8 Å². The van der Waals surface area contributed by atoms with E-state index >= 15 is 0 Å². The van der Waals surface area contributed by atoms with Gasteiger partial charge in [0.05, 0.1) is 16.0 Å². The number of benzene rings is 2. The molecule has 7 heteroatoms. The highest BCUT2D eigenvalue weighted by molar-refractivity contribution is 8.00. The van der Waals surface area contributed by atoms with Crippen LogP contribution >= 0.6 is 34.7 Å². The quantitative estimate of drug-likeness (QED) is 0.495. The first kappa shape index (κ1) is 17.1. The lowest BCUT2D eigenvalue weighted by atomic mass is 10.1. The van der Waals surface area contributed by atoms with Crippen LogP contribution in [0.5, 0.6) is 0 Å². The van der Waals surface area contributed by atoms with Gasteiger partial charge in [0.25, 0.3) is 0 Å². The normalized spacial score (nSPS) is 10.8. The highest BCUT2D eigenvalue weighted by Crippen LogP contribution is 2.29. The van der Waals surface area contributed by atoms with E-state index in [0.29, 0.717) is 15.9 Å². The molecular formula is C17H16ClN3OS2. The van der Waals surface area contributed by atoms with E-state index < -0.39 is 0 Å². The number of halogens is 1. The monoisotopic (exact) mass is 377 g/mol. The number of thioether (sulfide) groups is 1. The van der Waals surface area contributed by atoms with E-state index in [1.165, 1.54) is 34.2 Å². The number of carbonyl (C=O) groups is 1. The lowest BCUT2D eigenvalue weighted by Crippen LogP contribution is -2.30. The number of carbonyl (C=O) groups excluding carboxylic acids is 1. The summed E-state index contributed by atoms with van der Waals surface area (Å²) < 4.78 is 1.10. The summed E-state index contributed by atoms with van der Waals surface area (Å²) in [6.45, 7) is 4.12. The number of aryl methyl sites for hydroxylation is 2. The van der Waals surface area contributed by atoms with Gasteiger partial charge in [0.2, 0.25) is 11.0 Å². The van der Waals surface area contributed by atoms with Gasteiger partial charge in [-0.05, 0) is 55.3 Å². The molecular weight excluding hydrogens is 362 g/mol. The molecule has 0 bridgehead atoms. The molecule has 2 aromatic carbocycles. The Labute approximate surface area is 153 Å². The Morgan fingerprint density at radius 1 is 1.21 bits per heavy atom. The fourth-order valence-electron chi connectivity index (χ4n) is 2.12. The van der Waals surface area contributed by atoms with Crippen LogP contribution in [0.3, 0.4) is 0 Å². The number of amides is 1. The van der Waals surface area contributed by atoms with E-state index in [0.717, 1.165) is 15.1 Å². The fraction of sp³-hybridized carbons (Fsp3) is 0.176. The molecule has 0 spiro atoms. The molecule has 0 saturated heterocycles. The van der Waals surface area contributed by atoms with E-state index in [1.807, 2.05) is 24.3 Å². The molecule has 124 valence electrons. The molecule has 0 radical (unpaired) electrons. The highest BCUT2D eigenvalue weighted by atomic mass is 35.5. The molecule has 0 fully saturated rings. The number of hydrazine groups is 1. The largest absolute Gasteiger partial charge is 0.273 e. The maximum atomic E-state index is 11.9. The number of thiazole rings is 1. The Morgan fingerprint density at radius 2 is 1.96 bits per heavy atom. The Kier molecular flexibility index (Phi) is 5.28. The van der Waals surface area contributed by atoms with Crippen LogP contribution in [0.15, 0.2) is 41.3 Å². The third-order valence-corrected chi connectivity index (χ3v) is 5.78. The Balaban J connectivity index is 1.56. The van der Waals surface area contributed by atoms with Crippen molar-refractivity contribution >= 4 is 56.0 Å². The summed E-state index contributed by atoms with van der Waals surface area (Å²) in [5, 5.41) is 1.37. The van der Waals surface area contributed by atoms with Crippen LogP contribution in [-0.2, 0) is 4.79 Å². The van der Waals surface area contributed by atoms with Crippen LogP contribution in [0.25, 0.3) is 10.2 Å². The number of anilines is 1. The number of nitrogens with one attached hydrogen (secondary N) is 2. The summed E-state index contributed by atoms with van der Waals surface area (Å²) in [5.41, 5.74) is 8.94. The Bertz CT molecular complexity index is 877. The van der Waals surface area contributed by atoms with Gasteiger partial charge in [0.15, 0.2) is 0 Å². The average Bonchev–Trinajstić information content (AvgIpc) is 3.00. The molecule has 0 aliphatic rings. The zero-order valence-corrected chi connectivity index (χ0v) is 15.6. The van der Waals surface area contributed by atoms with E-state index in [4.69, 9.17) is 11.6 Å². The summed E-state index contributed by atoms with van der Waals surface area (Å²) in [4.78, 5) is 17.5. The molecule has 1 heterocycles. The molecule has 1 amide bonds. The molecule has 3 aromatic rings. The molecule has 2 N–H and O–H groups in total. The second-order valence-electron chi connectivity index (χ2n) is 5.29. The van der Waals surface area contributed by atoms with Crippen molar-refractivity contribution in [1.82, 2.24) is 10.4 Å². The predicted molar refractivity (Wildman–Crippen MR) is 103 cm³/mol. The number of fused-ring (bicyclic) bond motifs is 1.